The number of pyridine rings is 1. The maximum Gasteiger partial charge on any atom is 0.0629 e. The quantitative estimate of drug-likeness (QED) is 0.685. The fourth-order valence-electron chi connectivity index (χ4n) is 1.08. The predicted octanol–water partition coefficient (Wildman–Crippen LogP) is 3.46. The lowest BCUT2D eigenvalue weighted by molar-refractivity contribution is 1.09. The molecule has 0 amide bonds. The third-order valence-electron chi connectivity index (χ3n) is 2.21. The lowest BCUT2D eigenvalue weighted by Gasteiger charge is -1.98. The standard InChI is InChI=1S/C12H17N/c1-4-10(3)8-12-7-6-11(5-2)9-13-12/h6-9H,4-5H2,1-3H3. The van der Waals surface area contributed by atoms with Crippen molar-refractivity contribution in [3.05, 3.63) is 35.2 Å². The molecule has 1 rings (SSSR count). The number of aryl methyl sites for hydroxylation is 1. The molecule has 1 aromatic heterocycles. The molecule has 1 aromatic rings. The van der Waals surface area contributed by atoms with Gasteiger partial charge in [0.25, 0.3) is 0 Å². The topological polar surface area (TPSA) is 12.9 Å². The number of hydrogen-bond acceptors (Lipinski definition) is 1. The number of rotatable bonds is 3. The van der Waals surface area contributed by atoms with E-state index in [1.54, 1.807) is 0 Å². The summed E-state index contributed by atoms with van der Waals surface area (Å²) in [4.78, 5) is 4.36. The summed E-state index contributed by atoms with van der Waals surface area (Å²) >= 11 is 0. The highest BCUT2D eigenvalue weighted by Gasteiger charge is 1.91. The van der Waals surface area contributed by atoms with Crippen molar-refractivity contribution in [1.29, 1.82) is 0 Å². The molecule has 0 radical (unpaired) electrons. The van der Waals surface area contributed by atoms with Crippen LogP contribution in [-0.2, 0) is 6.42 Å². The maximum absolute atomic E-state index is 4.36. The minimum absolute atomic E-state index is 1.06. The Morgan fingerprint density at radius 2 is 2.15 bits per heavy atom. The molecule has 0 aromatic carbocycles. The zero-order valence-electron chi connectivity index (χ0n) is 8.67. The van der Waals surface area contributed by atoms with Gasteiger partial charge in [-0.15, -0.1) is 0 Å². The lowest BCUT2D eigenvalue weighted by Crippen LogP contribution is -1.85. The van der Waals surface area contributed by atoms with E-state index in [-0.39, 0.29) is 0 Å². The van der Waals surface area contributed by atoms with Gasteiger partial charge < -0.3 is 0 Å². The second-order valence-corrected chi connectivity index (χ2v) is 3.29. The largest absolute Gasteiger partial charge is 0.257 e. The van der Waals surface area contributed by atoms with Crippen LogP contribution in [-0.4, -0.2) is 4.98 Å². The minimum Gasteiger partial charge on any atom is -0.257 e. The first kappa shape index (κ1) is 9.97. The van der Waals surface area contributed by atoms with Crippen LogP contribution < -0.4 is 0 Å². The first-order valence-corrected chi connectivity index (χ1v) is 4.88. The molecule has 0 unspecified atom stereocenters. The van der Waals surface area contributed by atoms with Crippen LogP contribution in [0.2, 0.25) is 0 Å². The zero-order chi connectivity index (χ0) is 9.68. The fraction of sp³-hybridized carbons (Fsp3) is 0.417. The lowest BCUT2D eigenvalue weighted by atomic mass is 10.1. The molecule has 0 aliphatic rings. The summed E-state index contributed by atoms with van der Waals surface area (Å²) < 4.78 is 0. The monoisotopic (exact) mass is 175 g/mol. The Bertz CT molecular complexity index is 282. The average Bonchev–Trinajstić information content (AvgIpc) is 2.19. The van der Waals surface area contributed by atoms with Gasteiger partial charge >= 0.3 is 0 Å². The van der Waals surface area contributed by atoms with Gasteiger partial charge in [0.1, 0.15) is 0 Å². The number of aromatic nitrogens is 1. The maximum atomic E-state index is 4.36. The van der Waals surface area contributed by atoms with Gasteiger partial charge in [-0.3, -0.25) is 4.98 Å². The SMILES string of the molecule is CCC(C)=Cc1ccc(CC)cn1. The van der Waals surface area contributed by atoms with Crippen molar-refractivity contribution in [2.45, 2.75) is 33.6 Å². The Morgan fingerprint density at radius 3 is 2.62 bits per heavy atom. The first-order chi connectivity index (χ1) is 6.26. The molecular weight excluding hydrogens is 158 g/mol. The van der Waals surface area contributed by atoms with Crippen molar-refractivity contribution in [3.8, 4) is 0 Å². The normalized spacial score (nSPS) is 11.8. The third-order valence-corrected chi connectivity index (χ3v) is 2.21. The Labute approximate surface area is 80.5 Å². The number of nitrogens with zero attached hydrogens (tertiary/aromatic N) is 1. The van der Waals surface area contributed by atoms with E-state index in [2.05, 4.69) is 44.0 Å². The second kappa shape index (κ2) is 4.80. The van der Waals surface area contributed by atoms with Crippen molar-refractivity contribution in [2.24, 2.45) is 0 Å². The highest BCUT2D eigenvalue weighted by molar-refractivity contribution is 5.48. The summed E-state index contributed by atoms with van der Waals surface area (Å²) in [6, 6.07) is 4.22. The zero-order valence-corrected chi connectivity index (χ0v) is 8.67. The molecule has 0 aliphatic carbocycles. The molecule has 0 fully saturated rings. The second-order valence-electron chi connectivity index (χ2n) is 3.29. The van der Waals surface area contributed by atoms with Gasteiger partial charge in [-0.05, 0) is 37.5 Å². The van der Waals surface area contributed by atoms with Crippen LogP contribution in [0.15, 0.2) is 23.9 Å². The number of hydrogen-bond donors (Lipinski definition) is 0. The number of allylic oxidation sites excluding steroid dienone is 1. The van der Waals surface area contributed by atoms with E-state index in [0.29, 0.717) is 0 Å². The van der Waals surface area contributed by atoms with Crippen LogP contribution in [0.25, 0.3) is 6.08 Å². The predicted molar refractivity (Wildman–Crippen MR) is 57.6 cm³/mol. The molecule has 0 N–H and O–H groups in total. The van der Waals surface area contributed by atoms with Crippen molar-refractivity contribution in [2.75, 3.05) is 0 Å². The highest BCUT2D eigenvalue weighted by Crippen LogP contribution is 2.07. The molecule has 13 heavy (non-hydrogen) atoms. The van der Waals surface area contributed by atoms with Gasteiger partial charge in [-0.25, -0.2) is 0 Å². The van der Waals surface area contributed by atoms with E-state index in [9.17, 15) is 0 Å². The molecule has 0 atom stereocenters. The third kappa shape index (κ3) is 3.02. The van der Waals surface area contributed by atoms with Gasteiger partial charge in [-0.1, -0.05) is 25.5 Å². The van der Waals surface area contributed by atoms with Crippen LogP contribution in [0, 0.1) is 0 Å². The van der Waals surface area contributed by atoms with E-state index in [4.69, 9.17) is 0 Å². The molecular formula is C12H17N. The molecule has 1 heteroatoms. The highest BCUT2D eigenvalue weighted by atomic mass is 14.7. The molecule has 0 aliphatic heterocycles. The van der Waals surface area contributed by atoms with Crippen molar-refractivity contribution >= 4 is 6.08 Å². The Kier molecular flexibility index (Phi) is 3.69. The molecule has 0 saturated heterocycles. The Morgan fingerprint density at radius 1 is 1.38 bits per heavy atom. The van der Waals surface area contributed by atoms with Gasteiger partial charge in [-0.2, -0.15) is 0 Å². The average molecular weight is 175 g/mol. The summed E-state index contributed by atoms with van der Waals surface area (Å²) in [5.74, 6) is 0. The summed E-state index contributed by atoms with van der Waals surface area (Å²) in [6.07, 6.45) is 6.25. The fourth-order valence-corrected chi connectivity index (χ4v) is 1.08. The Hall–Kier alpha value is -1.11. The Balaban J connectivity index is 2.80. The van der Waals surface area contributed by atoms with Crippen molar-refractivity contribution in [1.82, 2.24) is 4.98 Å². The summed E-state index contributed by atoms with van der Waals surface area (Å²) in [7, 11) is 0. The van der Waals surface area contributed by atoms with Crippen LogP contribution in [0.5, 0.6) is 0 Å². The van der Waals surface area contributed by atoms with Crippen LogP contribution in [0.1, 0.15) is 38.4 Å². The van der Waals surface area contributed by atoms with E-state index >= 15 is 0 Å². The minimum atomic E-state index is 1.06. The van der Waals surface area contributed by atoms with Crippen LogP contribution >= 0.6 is 0 Å². The molecule has 1 nitrogen and oxygen atoms in total. The van der Waals surface area contributed by atoms with Crippen LogP contribution in [0.4, 0.5) is 0 Å². The van der Waals surface area contributed by atoms with Gasteiger partial charge in [0.2, 0.25) is 0 Å². The van der Waals surface area contributed by atoms with Gasteiger partial charge in [0.15, 0.2) is 0 Å². The molecule has 0 saturated carbocycles. The molecule has 70 valence electrons. The first-order valence-electron chi connectivity index (χ1n) is 4.88. The van der Waals surface area contributed by atoms with Crippen LogP contribution in [0.3, 0.4) is 0 Å². The van der Waals surface area contributed by atoms with Crippen molar-refractivity contribution in [3.63, 3.8) is 0 Å². The summed E-state index contributed by atoms with van der Waals surface area (Å²) in [6.45, 7) is 6.44. The van der Waals surface area contributed by atoms with E-state index in [0.717, 1.165) is 18.5 Å². The van der Waals surface area contributed by atoms with E-state index in [1.165, 1.54) is 11.1 Å². The van der Waals surface area contributed by atoms with E-state index in [1.807, 2.05) is 6.20 Å². The summed E-state index contributed by atoms with van der Waals surface area (Å²) in [5, 5.41) is 0. The molecule has 1 heterocycles. The van der Waals surface area contributed by atoms with E-state index < -0.39 is 0 Å². The molecule has 0 spiro atoms. The summed E-state index contributed by atoms with van der Waals surface area (Å²) in [5.41, 5.74) is 3.74. The van der Waals surface area contributed by atoms with Gasteiger partial charge in [0, 0.05) is 6.20 Å². The molecule has 0 bridgehead atoms. The van der Waals surface area contributed by atoms with Gasteiger partial charge in [0.05, 0.1) is 5.69 Å². The van der Waals surface area contributed by atoms with Crippen molar-refractivity contribution < 1.29 is 0 Å². The smallest absolute Gasteiger partial charge is 0.0629 e.